The molecule has 2 aromatic heterocycles. The average Bonchev–Trinajstić information content (AvgIpc) is 3.24. The fraction of sp³-hybridized carbons (Fsp3) is 0.0556. The number of hydrogen-bond acceptors (Lipinski definition) is 5. The fourth-order valence-electron chi connectivity index (χ4n) is 2.12. The molecule has 0 saturated carbocycles. The zero-order valence-corrected chi connectivity index (χ0v) is 13.2. The van der Waals surface area contributed by atoms with Gasteiger partial charge in [0.25, 0.3) is 0 Å². The number of amides is 1. The molecule has 126 valence electrons. The van der Waals surface area contributed by atoms with E-state index < -0.39 is 11.9 Å². The van der Waals surface area contributed by atoms with Gasteiger partial charge in [-0.05, 0) is 43.3 Å². The van der Waals surface area contributed by atoms with Gasteiger partial charge in [-0.1, -0.05) is 12.1 Å². The van der Waals surface area contributed by atoms with Gasteiger partial charge in [0.1, 0.15) is 17.3 Å². The van der Waals surface area contributed by atoms with Gasteiger partial charge in [-0.15, -0.1) is 0 Å². The largest absolute Gasteiger partial charge is 0.478 e. The van der Waals surface area contributed by atoms with Gasteiger partial charge in [0.2, 0.25) is 0 Å². The number of nitrogens with zero attached hydrogens (tertiary/aromatic N) is 1. The van der Waals surface area contributed by atoms with Crippen molar-refractivity contribution in [1.82, 2.24) is 5.43 Å². The van der Waals surface area contributed by atoms with Crippen LogP contribution >= 0.6 is 0 Å². The number of nitrogens with one attached hydrogen (secondary N) is 1. The van der Waals surface area contributed by atoms with Crippen LogP contribution in [0.25, 0.3) is 11.3 Å². The number of aromatic carboxylic acids is 1. The standard InChI is InChI=1S/C18H14N2O5/c1-11-2-8-16(24-11)17(21)20-19-10-14-7-9-15(25-14)12-3-5-13(6-4-12)18(22)23/h2-10H,1H3,(H,20,21)(H,22,23)/b19-10-. The van der Waals surface area contributed by atoms with Crippen molar-refractivity contribution >= 4 is 18.1 Å². The molecule has 0 fully saturated rings. The van der Waals surface area contributed by atoms with E-state index in [4.69, 9.17) is 13.9 Å². The van der Waals surface area contributed by atoms with Crippen LogP contribution in [0.5, 0.6) is 0 Å². The normalized spacial score (nSPS) is 10.9. The van der Waals surface area contributed by atoms with Crippen LogP contribution in [0.4, 0.5) is 0 Å². The molecule has 0 aliphatic rings. The zero-order valence-electron chi connectivity index (χ0n) is 13.2. The minimum Gasteiger partial charge on any atom is -0.478 e. The van der Waals surface area contributed by atoms with E-state index in [0.717, 1.165) is 5.56 Å². The number of rotatable bonds is 5. The number of hydrazone groups is 1. The number of carboxylic acid groups (broad SMARTS) is 1. The highest BCUT2D eigenvalue weighted by atomic mass is 16.4. The Balaban J connectivity index is 1.65. The average molecular weight is 338 g/mol. The highest BCUT2D eigenvalue weighted by Gasteiger charge is 2.09. The molecule has 7 heteroatoms. The molecule has 1 amide bonds. The quantitative estimate of drug-likeness (QED) is 0.548. The summed E-state index contributed by atoms with van der Waals surface area (Å²) in [6.07, 6.45) is 1.36. The summed E-state index contributed by atoms with van der Waals surface area (Å²) in [6.45, 7) is 1.74. The van der Waals surface area contributed by atoms with E-state index in [2.05, 4.69) is 10.5 Å². The first-order valence-electron chi connectivity index (χ1n) is 7.36. The van der Waals surface area contributed by atoms with Crippen molar-refractivity contribution in [1.29, 1.82) is 0 Å². The molecule has 0 aliphatic heterocycles. The van der Waals surface area contributed by atoms with Gasteiger partial charge >= 0.3 is 11.9 Å². The van der Waals surface area contributed by atoms with Gasteiger partial charge in [0.05, 0.1) is 11.8 Å². The molecular weight excluding hydrogens is 324 g/mol. The summed E-state index contributed by atoms with van der Waals surface area (Å²) in [5.41, 5.74) is 3.28. The molecule has 0 unspecified atom stereocenters. The molecule has 1 aromatic carbocycles. The SMILES string of the molecule is Cc1ccc(C(=O)N/N=C\c2ccc(-c3ccc(C(=O)O)cc3)o2)o1. The molecule has 0 saturated heterocycles. The summed E-state index contributed by atoms with van der Waals surface area (Å²) < 4.78 is 10.8. The molecule has 25 heavy (non-hydrogen) atoms. The Labute approximate surface area is 142 Å². The van der Waals surface area contributed by atoms with Crippen molar-refractivity contribution in [2.24, 2.45) is 5.10 Å². The Morgan fingerprint density at radius 2 is 1.80 bits per heavy atom. The van der Waals surface area contributed by atoms with E-state index in [-0.39, 0.29) is 11.3 Å². The number of furan rings is 2. The maximum absolute atomic E-state index is 11.8. The van der Waals surface area contributed by atoms with Crippen molar-refractivity contribution in [2.75, 3.05) is 0 Å². The third-order valence-corrected chi connectivity index (χ3v) is 3.37. The lowest BCUT2D eigenvalue weighted by atomic mass is 10.1. The Bertz CT molecular complexity index is 935. The first kappa shape index (κ1) is 16.3. The van der Waals surface area contributed by atoms with E-state index in [1.54, 1.807) is 43.3 Å². The summed E-state index contributed by atoms with van der Waals surface area (Å²) in [4.78, 5) is 22.6. The van der Waals surface area contributed by atoms with Crippen LogP contribution in [0.2, 0.25) is 0 Å². The van der Waals surface area contributed by atoms with Gasteiger partial charge in [-0.25, -0.2) is 10.2 Å². The van der Waals surface area contributed by atoms with Crippen molar-refractivity contribution in [3.05, 3.63) is 71.4 Å². The third kappa shape index (κ3) is 3.84. The summed E-state index contributed by atoms with van der Waals surface area (Å²) >= 11 is 0. The number of carboxylic acids is 1. The lowest BCUT2D eigenvalue weighted by molar-refractivity contribution is 0.0696. The van der Waals surface area contributed by atoms with Crippen molar-refractivity contribution in [2.45, 2.75) is 6.92 Å². The maximum atomic E-state index is 11.8. The van der Waals surface area contributed by atoms with Crippen LogP contribution in [0.3, 0.4) is 0 Å². The minimum absolute atomic E-state index is 0.174. The van der Waals surface area contributed by atoms with E-state index in [0.29, 0.717) is 17.3 Å². The first-order chi connectivity index (χ1) is 12.0. The molecule has 0 bridgehead atoms. The molecule has 2 N–H and O–H groups in total. The molecule has 0 aliphatic carbocycles. The highest BCUT2D eigenvalue weighted by molar-refractivity contribution is 5.92. The Morgan fingerprint density at radius 1 is 1.04 bits per heavy atom. The van der Waals surface area contributed by atoms with Crippen LogP contribution < -0.4 is 5.43 Å². The second-order valence-corrected chi connectivity index (χ2v) is 5.19. The van der Waals surface area contributed by atoms with Crippen LogP contribution in [0.15, 0.2) is 62.5 Å². The smallest absolute Gasteiger partial charge is 0.335 e. The van der Waals surface area contributed by atoms with Crippen molar-refractivity contribution in [3.8, 4) is 11.3 Å². The van der Waals surface area contributed by atoms with Crippen molar-refractivity contribution < 1.29 is 23.5 Å². The van der Waals surface area contributed by atoms with E-state index in [1.165, 1.54) is 18.3 Å². The highest BCUT2D eigenvalue weighted by Crippen LogP contribution is 2.22. The number of carbonyl (C=O) groups excluding carboxylic acids is 1. The lowest BCUT2D eigenvalue weighted by Crippen LogP contribution is -2.16. The molecular formula is C18H14N2O5. The van der Waals surface area contributed by atoms with Crippen LogP contribution in [-0.2, 0) is 0 Å². The van der Waals surface area contributed by atoms with E-state index in [1.807, 2.05) is 0 Å². The zero-order chi connectivity index (χ0) is 17.8. The van der Waals surface area contributed by atoms with Gasteiger partial charge in [0, 0.05) is 5.56 Å². The number of aryl methyl sites for hydroxylation is 1. The third-order valence-electron chi connectivity index (χ3n) is 3.37. The van der Waals surface area contributed by atoms with Crippen LogP contribution in [0, 0.1) is 6.92 Å². The fourth-order valence-corrected chi connectivity index (χ4v) is 2.12. The lowest BCUT2D eigenvalue weighted by Gasteiger charge is -1.98. The van der Waals surface area contributed by atoms with Crippen LogP contribution in [0.1, 0.15) is 32.4 Å². The molecule has 0 radical (unpaired) electrons. The second kappa shape index (κ2) is 6.88. The summed E-state index contributed by atoms with van der Waals surface area (Å²) in [5, 5.41) is 12.7. The number of carbonyl (C=O) groups is 2. The molecule has 7 nitrogen and oxygen atoms in total. The molecule has 0 spiro atoms. The number of benzene rings is 1. The predicted octanol–water partition coefficient (Wildman–Crippen LogP) is 3.31. The van der Waals surface area contributed by atoms with Crippen LogP contribution in [-0.4, -0.2) is 23.2 Å². The molecule has 3 aromatic rings. The molecule has 2 heterocycles. The monoisotopic (exact) mass is 338 g/mol. The number of hydrogen-bond donors (Lipinski definition) is 2. The van der Waals surface area contributed by atoms with E-state index >= 15 is 0 Å². The Morgan fingerprint density at radius 3 is 2.44 bits per heavy atom. The second-order valence-electron chi connectivity index (χ2n) is 5.19. The topological polar surface area (TPSA) is 105 Å². The van der Waals surface area contributed by atoms with Gasteiger partial charge < -0.3 is 13.9 Å². The summed E-state index contributed by atoms with van der Waals surface area (Å²) in [5.74, 6) is 0.369. The van der Waals surface area contributed by atoms with Gasteiger partial charge in [-0.3, -0.25) is 4.79 Å². The van der Waals surface area contributed by atoms with Gasteiger partial charge in [0.15, 0.2) is 5.76 Å². The minimum atomic E-state index is -0.985. The van der Waals surface area contributed by atoms with E-state index in [9.17, 15) is 9.59 Å². The molecule has 3 rings (SSSR count). The predicted molar refractivity (Wildman–Crippen MR) is 89.6 cm³/mol. The first-order valence-corrected chi connectivity index (χ1v) is 7.36. The Kier molecular flexibility index (Phi) is 4.47. The summed E-state index contributed by atoms with van der Waals surface area (Å²) in [6, 6.07) is 13.0. The Hall–Kier alpha value is -3.61. The maximum Gasteiger partial charge on any atom is 0.335 e. The van der Waals surface area contributed by atoms with Gasteiger partial charge in [-0.2, -0.15) is 5.10 Å². The molecule has 0 atom stereocenters. The summed E-state index contributed by atoms with van der Waals surface area (Å²) in [7, 11) is 0. The van der Waals surface area contributed by atoms with Crippen molar-refractivity contribution in [3.63, 3.8) is 0 Å².